The standard InChI is InChI=1S/C18H22F2N8O2/c19-11-7-29-3-1-13(11)24-16-15(10-5-22-23-6-10)21-9-28-17(16)26-18(27-28)25-14-2-4-30-8-12(14)20/h5-6,9,11-14,24H,1-4,7-8H2,(H,22,23)(H,25,27)/t11-,12-,13+,14+/m1/s1. The van der Waals surface area contributed by atoms with Gasteiger partial charge in [0.15, 0.2) is 5.65 Å². The summed E-state index contributed by atoms with van der Waals surface area (Å²) in [6.45, 7) is 1.03. The number of hydrogen-bond donors (Lipinski definition) is 3. The number of aromatic amines is 1. The minimum Gasteiger partial charge on any atom is -0.378 e. The fourth-order valence-corrected chi connectivity index (χ4v) is 3.73. The van der Waals surface area contributed by atoms with Gasteiger partial charge in [-0.2, -0.15) is 14.6 Å². The number of fused-ring (bicyclic) bond motifs is 1. The molecule has 160 valence electrons. The Labute approximate surface area is 170 Å². The zero-order valence-electron chi connectivity index (χ0n) is 16.1. The van der Waals surface area contributed by atoms with Crippen LogP contribution < -0.4 is 10.6 Å². The van der Waals surface area contributed by atoms with Gasteiger partial charge in [-0.3, -0.25) is 5.10 Å². The second-order valence-electron chi connectivity index (χ2n) is 7.42. The normalized spacial score (nSPS) is 27.3. The van der Waals surface area contributed by atoms with Crippen LogP contribution in [0.4, 0.5) is 20.4 Å². The van der Waals surface area contributed by atoms with Crippen LogP contribution in [-0.2, 0) is 9.47 Å². The quantitative estimate of drug-likeness (QED) is 0.570. The van der Waals surface area contributed by atoms with Gasteiger partial charge in [0.25, 0.3) is 0 Å². The van der Waals surface area contributed by atoms with E-state index in [4.69, 9.17) is 9.47 Å². The molecule has 30 heavy (non-hydrogen) atoms. The first-order chi connectivity index (χ1) is 14.7. The summed E-state index contributed by atoms with van der Waals surface area (Å²) in [5.41, 5.74) is 2.30. The number of nitrogens with zero attached hydrogens (tertiary/aromatic N) is 5. The maximum Gasteiger partial charge on any atom is 0.243 e. The Morgan fingerprint density at radius 1 is 1.07 bits per heavy atom. The second kappa shape index (κ2) is 8.11. The highest BCUT2D eigenvalue weighted by Gasteiger charge is 2.29. The Balaban J connectivity index is 1.51. The number of aromatic nitrogens is 6. The Kier molecular flexibility index (Phi) is 5.17. The Bertz CT molecular complexity index is 998. The SMILES string of the molecule is F[C@@H]1COCC[C@@H]1Nc1nc2c(N[C@H]3CCOC[C@H]3F)c(-c3cn[nH]c3)ncn2n1. The van der Waals surface area contributed by atoms with Gasteiger partial charge < -0.3 is 20.1 Å². The summed E-state index contributed by atoms with van der Waals surface area (Å²) in [5.74, 6) is 0.280. The van der Waals surface area contributed by atoms with Crippen LogP contribution in [0.5, 0.6) is 0 Å². The van der Waals surface area contributed by atoms with E-state index in [0.717, 1.165) is 5.56 Å². The van der Waals surface area contributed by atoms with Gasteiger partial charge in [-0.05, 0) is 12.8 Å². The molecule has 0 saturated carbocycles. The molecule has 3 aromatic rings. The van der Waals surface area contributed by atoms with Crippen LogP contribution in [-0.4, -0.2) is 80.6 Å². The van der Waals surface area contributed by atoms with Gasteiger partial charge in [-0.25, -0.2) is 13.8 Å². The molecule has 0 bridgehead atoms. The van der Waals surface area contributed by atoms with Crippen molar-refractivity contribution in [3.8, 4) is 11.3 Å². The molecule has 3 aromatic heterocycles. The molecule has 2 aliphatic rings. The number of hydrogen-bond acceptors (Lipinski definition) is 8. The molecule has 5 heterocycles. The number of nitrogens with one attached hydrogen (secondary N) is 3. The van der Waals surface area contributed by atoms with Gasteiger partial charge in [0.05, 0.1) is 31.5 Å². The third-order valence-corrected chi connectivity index (χ3v) is 5.38. The Hall–Kier alpha value is -2.86. The summed E-state index contributed by atoms with van der Waals surface area (Å²) in [6, 6.07) is -0.879. The molecule has 12 heteroatoms. The number of ether oxygens (including phenoxy) is 2. The number of rotatable bonds is 5. The van der Waals surface area contributed by atoms with Gasteiger partial charge in [0, 0.05) is 25.0 Å². The molecular weight excluding hydrogens is 398 g/mol. The first-order valence-corrected chi connectivity index (χ1v) is 9.90. The minimum absolute atomic E-state index is 0.0381. The molecule has 2 aliphatic heterocycles. The van der Waals surface area contributed by atoms with Gasteiger partial charge in [0.1, 0.15) is 30.1 Å². The summed E-state index contributed by atoms with van der Waals surface area (Å²) in [5, 5.41) is 17.4. The van der Waals surface area contributed by atoms with E-state index in [1.807, 2.05) is 0 Å². The molecule has 0 radical (unpaired) electrons. The largest absolute Gasteiger partial charge is 0.378 e. The highest BCUT2D eigenvalue weighted by atomic mass is 19.1. The van der Waals surface area contributed by atoms with Crippen LogP contribution in [0.3, 0.4) is 0 Å². The fraction of sp³-hybridized carbons (Fsp3) is 0.556. The van der Waals surface area contributed by atoms with Gasteiger partial charge in [0.2, 0.25) is 5.95 Å². The molecule has 4 atom stereocenters. The van der Waals surface area contributed by atoms with Crippen LogP contribution in [0.15, 0.2) is 18.7 Å². The summed E-state index contributed by atoms with van der Waals surface area (Å²) >= 11 is 0. The third-order valence-electron chi connectivity index (χ3n) is 5.38. The predicted octanol–water partition coefficient (Wildman–Crippen LogP) is 1.59. The second-order valence-corrected chi connectivity index (χ2v) is 7.42. The topological polar surface area (TPSA) is 114 Å². The lowest BCUT2D eigenvalue weighted by Crippen LogP contribution is -2.39. The molecule has 0 spiro atoms. The molecule has 0 amide bonds. The first kappa shape index (κ1) is 19.1. The van der Waals surface area contributed by atoms with Crippen molar-refractivity contribution in [2.45, 2.75) is 37.3 Å². The van der Waals surface area contributed by atoms with Crippen molar-refractivity contribution < 1.29 is 18.3 Å². The zero-order valence-corrected chi connectivity index (χ0v) is 16.1. The summed E-state index contributed by atoms with van der Waals surface area (Å²) in [7, 11) is 0. The molecule has 10 nitrogen and oxygen atoms in total. The molecule has 5 rings (SSSR count). The molecule has 2 fully saturated rings. The minimum atomic E-state index is -1.16. The van der Waals surface area contributed by atoms with Gasteiger partial charge in [-0.1, -0.05) is 0 Å². The Morgan fingerprint density at radius 2 is 1.80 bits per heavy atom. The van der Waals surface area contributed by atoms with Gasteiger partial charge in [-0.15, -0.1) is 5.10 Å². The summed E-state index contributed by atoms with van der Waals surface area (Å²) in [6.07, 6.45) is 3.58. The van der Waals surface area contributed by atoms with E-state index >= 15 is 0 Å². The van der Waals surface area contributed by atoms with Crippen molar-refractivity contribution in [3.05, 3.63) is 18.7 Å². The Morgan fingerprint density at radius 3 is 2.47 bits per heavy atom. The van der Waals surface area contributed by atoms with Crippen molar-refractivity contribution in [2.75, 3.05) is 37.1 Å². The lowest BCUT2D eigenvalue weighted by Gasteiger charge is -2.28. The van der Waals surface area contributed by atoms with Gasteiger partial charge >= 0.3 is 0 Å². The molecule has 0 aromatic carbocycles. The maximum atomic E-state index is 14.4. The monoisotopic (exact) mass is 420 g/mol. The van der Waals surface area contributed by atoms with Crippen LogP contribution in [0.1, 0.15) is 12.8 Å². The van der Waals surface area contributed by atoms with E-state index in [-0.39, 0.29) is 19.2 Å². The van der Waals surface area contributed by atoms with Crippen LogP contribution in [0.2, 0.25) is 0 Å². The van der Waals surface area contributed by atoms with Crippen molar-refractivity contribution in [2.24, 2.45) is 0 Å². The van der Waals surface area contributed by atoms with E-state index in [9.17, 15) is 8.78 Å². The molecule has 3 N–H and O–H groups in total. The van der Waals surface area contributed by atoms with Crippen molar-refractivity contribution in [1.29, 1.82) is 0 Å². The average Bonchev–Trinajstić information content (AvgIpc) is 3.41. The van der Waals surface area contributed by atoms with Crippen LogP contribution >= 0.6 is 0 Å². The van der Waals surface area contributed by atoms with Crippen molar-refractivity contribution >= 4 is 17.3 Å². The highest BCUT2D eigenvalue weighted by molar-refractivity contribution is 5.84. The zero-order chi connectivity index (χ0) is 20.5. The third kappa shape index (κ3) is 3.67. The molecule has 0 aliphatic carbocycles. The summed E-state index contributed by atoms with van der Waals surface area (Å²) in [4.78, 5) is 9.03. The van der Waals surface area contributed by atoms with Crippen LogP contribution in [0.25, 0.3) is 16.9 Å². The average molecular weight is 420 g/mol. The number of alkyl halides is 2. The molecule has 2 saturated heterocycles. The van der Waals surface area contributed by atoms with E-state index < -0.39 is 24.4 Å². The molecule has 0 unspecified atom stereocenters. The van der Waals surface area contributed by atoms with E-state index in [1.54, 1.807) is 12.4 Å². The van der Waals surface area contributed by atoms with E-state index in [0.29, 0.717) is 43.1 Å². The number of H-pyrrole nitrogens is 1. The number of anilines is 2. The number of halogens is 2. The lowest BCUT2D eigenvalue weighted by atomic mass is 10.1. The lowest BCUT2D eigenvalue weighted by molar-refractivity contribution is 0.0284. The predicted molar refractivity (Wildman–Crippen MR) is 104 cm³/mol. The van der Waals surface area contributed by atoms with Crippen molar-refractivity contribution in [3.63, 3.8) is 0 Å². The van der Waals surface area contributed by atoms with Crippen molar-refractivity contribution in [1.82, 2.24) is 29.8 Å². The first-order valence-electron chi connectivity index (χ1n) is 9.90. The highest BCUT2D eigenvalue weighted by Crippen LogP contribution is 2.31. The van der Waals surface area contributed by atoms with E-state index in [1.165, 1.54) is 10.8 Å². The molecular formula is C18H22F2N8O2. The summed E-state index contributed by atoms with van der Waals surface area (Å²) < 4.78 is 40.4. The van der Waals surface area contributed by atoms with E-state index in [2.05, 4.69) is 35.9 Å². The fourth-order valence-electron chi connectivity index (χ4n) is 3.73. The van der Waals surface area contributed by atoms with Crippen LogP contribution in [0, 0.1) is 0 Å². The maximum absolute atomic E-state index is 14.4. The smallest absolute Gasteiger partial charge is 0.243 e.